The van der Waals surface area contributed by atoms with Crippen LogP contribution in [0.2, 0.25) is 0 Å². The van der Waals surface area contributed by atoms with Crippen LogP contribution in [0.3, 0.4) is 0 Å². The average Bonchev–Trinajstić information content (AvgIpc) is 3.06. The number of fused-ring (bicyclic) bond motifs is 1. The van der Waals surface area contributed by atoms with Crippen molar-refractivity contribution in [2.24, 2.45) is 5.41 Å². The minimum absolute atomic E-state index is 0.639. The zero-order chi connectivity index (χ0) is 12.7. The third-order valence-electron chi connectivity index (χ3n) is 5.92. The van der Waals surface area contributed by atoms with Crippen molar-refractivity contribution in [1.82, 2.24) is 4.90 Å². The van der Waals surface area contributed by atoms with Crippen molar-refractivity contribution >= 4 is 0 Å². The van der Waals surface area contributed by atoms with Crippen molar-refractivity contribution in [2.45, 2.75) is 57.4 Å². The van der Waals surface area contributed by atoms with E-state index in [0.29, 0.717) is 5.41 Å². The van der Waals surface area contributed by atoms with Gasteiger partial charge in [0.25, 0.3) is 0 Å². The van der Waals surface area contributed by atoms with Crippen LogP contribution in [-0.2, 0) is 12.8 Å². The van der Waals surface area contributed by atoms with Crippen molar-refractivity contribution in [1.29, 1.82) is 0 Å². The van der Waals surface area contributed by atoms with Gasteiger partial charge in [-0.05, 0) is 81.0 Å². The Kier molecular flexibility index (Phi) is 2.91. The highest BCUT2D eigenvalue weighted by Crippen LogP contribution is 2.48. The molecule has 102 valence electrons. The molecule has 1 heterocycles. The first-order valence-electron chi connectivity index (χ1n) is 8.16. The van der Waals surface area contributed by atoms with Gasteiger partial charge in [0.2, 0.25) is 0 Å². The van der Waals surface area contributed by atoms with E-state index in [-0.39, 0.29) is 0 Å². The highest BCUT2D eigenvalue weighted by atomic mass is 15.2. The van der Waals surface area contributed by atoms with E-state index >= 15 is 0 Å². The third-order valence-corrected chi connectivity index (χ3v) is 5.92. The van der Waals surface area contributed by atoms with Crippen LogP contribution in [0.15, 0.2) is 24.3 Å². The molecule has 19 heavy (non-hydrogen) atoms. The Morgan fingerprint density at radius 3 is 2.05 bits per heavy atom. The first-order valence-corrected chi connectivity index (χ1v) is 8.16. The molecule has 0 bridgehead atoms. The second-order valence-corrected chi connectivity index (χ2v) is 7.10. The Balaban J connectivity index is 1.43. The van der Waals surface area contributed by atoms with Crippen LogP contribution >= 0.6 is 0 Å². The van der Waals surface area contributed by atoms with Crippen molar-refractivity contribution in [3.8, 4) is 0 Å². The summed E-state index contributed by atoms with van der Waals surface area (Å²) in [4.78, 5) is 2.77. The first-order chi connectivity index (χ1) is 9.35. The number of rotatable bonds is 1. The fraction of sp³-hybridized carbons (Fsp3) is 0.667. The van der Waals surface area contributed by atoms with E-state index in [0.717, 1.165) is 6.04 Å². The summed E-state index contributed by atoms with van der Waals surface area (Å²) in [5.74, 6) is 0. The van der Waals surface area contributed by atoms with Crippen molar-refractivity contribution in [3.05, 3.63) is 35.4 Å². The molecule has 1 aliphatic heterocycles. The maximum Gasteiger partial charge on any atom is 0.00956 e. The SMILES string of the molecule is c1ccc2c(c1)CC1(CCC(N3CCCC3)CC1)C2. The fourth-order valence-electron chi connectivity index (χ4n) is 4.81. The molecule has 2 aliphatic carbocycles. The molecule has 0 N–H and O–H groups in total. The number of nitrogens with zero attached hydrogens (tertiary/aromatic N) is 1. The maximum absolute atomic E-state index is 2.77. The lowest BCUT2D eigenvalue weighted by molar-refractivity contribution is 0.109. The highest BCUT2D eigenvalue weighted by Gasteiger charge is 2.41. The first kappa shape index (κ1) is 12.0. The normalized spacial score (nSPS) is 26.9. The molecule has 0 aromatic heterocycles. The summed E-state index contributed by atoms with van der Waals surface area (Å²) in [7, 11) is 0. The van der Waals surface area contributed by atoms with Gasteiger partial charge in [0.05, 0.1) is 0 Å². The second kappa shape index (κ2) is 4.63. The summed E-state index contributed by atoms with van der Waals surface area (Å²) >= 11 is 0. The predicted molar refractivity (Wildman–Crippen MR) is 79.3 cm³/mol. The largest absolute Gasteiger partial charge is 0.300 e. The Morgan fingerprint density at radius 1 is 0.895 bits per heavy atom. The molecule has 1 saturated carbocycles. The zero-order valence-corrected chi connectivity index (χ0v) is 11.9. The van der Waals surface area contributed by atoms with Gasteiger partial charge < -0.3 is 4.90 Å². The fourth-order valence-corrected chi connectivity index (χ4v) is 4.81. The van der Waals surface area contributed by atoms with E-state index in [1.807, 2.05) is 0 Å². The van der Waals surface area contributed by atoms with Gasteiger partial charge in [-0.1, -0.05) is 24.3 Å². The average molecular weight is 255 g/mol. The van der Waals surface area contributed by atoms with Crippen LogP contribution in [0.1, 0.15) is 49.7 Å². The molecule has 0 amide bonds. The monoisotopic (exact) mass is 255 g/mol. The Morgan fingerprint density at radius 2 is 1.47 bits per heavy atom. The molecule has 4 rings (SSSR count). The van der Waals surface area contributed by atoms with Crippen LogP contribution in [0.4, 0.5) is 0 Å². The molecular formula is C18H25N. The van der Waals surface area contributed by atoms with E-state index in [9.17, 15) is 0 Å². The molecule has 1 nitrogen and oxygen atoms in total. The maximum atomic E-state index is 2.77. The molecule has 1 heteroatoms. The molecule has 2 fully saturated rings. The van der Waals surface area contributed by atoms with E-state index in [1.165, 1.54) is 64.5 Å². The lowest BCUT2D eigenvalue weighted by Crippen LogP contribution is -2.39. The number of benzene rings is 1. The molecule has 1 spiro atoms. The van der Waals surface area contributed by atoms with Gasteiger partial charge in [-0.25, -0.2) is 0 Å². The van der Waals surface area contributed by atoms with Gasteiger partial charge >= 0.3 is 0 Å². The van der Waals surface area contributed by atoms with Crippen molar-refractivity contribution in [2.75, 3.05) is 13.1 Å². The number of hydrogen-bond acceptors (Lipinski definition) is 1. The predicted octanol–water partition coefficient (Wildman–Crippen LogP) is 3.81. The summed E-state index contributed by atoms with van der Waals surface area (Å²) in [6, 6.07) is 10.1. The third kappa shape index (κ3) is 2.12. The summed E-state index contributed by atoms with van der Waals surface area (Å²) in [5, 5.41) is 0. The van der Waals surface area contributed by atoms with E-state index < -0.39 is 0 Å². The molecule has 3 aliphatic rings. The molecule has 0 unspecified atom stereocenters. The van der Waals surface area contributed by atoms with Crippen LogP contribution in [-0.4, -0.2) is 24.0 Å². The van der Waals surface area contributed by atoms with E-state index in [1.54, 1.807) is 11.1 Å². The van der Waals surface area contributed by atoms with E-state index in [2.05, 4.69) is 29.2 Å². The van der Waals surface area contributed by atoms with Gasteiger partial charge in [-0.15, -0.1) is 0 Å². The summed E-state index contributed by atoms with van der Waals surface area (Å²) in [6.45, 7) is 2.75. The number of likely N-dealkylation sites (tertiary alicyclic amines) is 1. The molecule has 1 aromatic carbocycles. The minimum Gasteiger partial charge on any atom is -0.300 e. The Bertz CT molecular complexity index is 424. The van der Waals surface area contributed by atoms with Crippen LogP contribution in [0.25, 0.3) is 0 Å². The van der Waals surface area contributed by atoms with Gasteiger partial charge in [-0.2, -0.15) is 0 Å². The minimum atomic E-state index is 0.639. The van der Waals surface area contributed by atoms with Crippen LogP contribution < -0.4 is 0 Å². The number of hydrogen-bond donors (Lipinski definition) is 0. The second-order valence-electron chi connectivity index (χ2n) is 7.10. The molecule has 0 atom stereocenters. The standard InChI is InChI=1S/C18H25N/c1-2-6-16-14-18(13-15(16)5-1)9-7-17(8-10-18)19-11-3-4-12-19/h1-2,5-6,17H,3-4,7-14H2. The Hall–Kier alpha value is -0.820. The summed E-state index contributed by atoms with van der Waals surface area (Å²) < 4.78 is 0. The Labute approximate surface area is 117 Å². The molecule has 0 radical (unpaired) electrons. The van der Waals surface area contributed by atoms with Gasteiger partial charge in [-0.3, -0.25) is 0 Å². The highest BCUT2D eigenvalue weighted by molar-refractivity contribution is 5.34. The molecule has 1 aromatic rings. The zero-order valence-electron chi connectivity index (χ0n) is 11.9. The van der Waals surface area contributed by atoms with Gasteiger partial charge in [0.15, 0.2) is 0 Å². The van der Waals surface area contributed by atoms with Crippen molar-refractivity contribution in [3.63, 3.8) is 0 Å². The van der Waals surface area contributed by atoms with Gasteiger partial charge in [0.1, 0.15) is 0 Å². The van der Waals surface area contributed by atoms with Crippen molar-refractivity contribution < 1.29 is 0 Å². The summed E-state index contributed by atoms with van der Waals surface area (Å²) in [5.41, 5.74) is 3.92. The smallest absolute Gasteiger partial charge is 0.00956 e. The van der Waals surface area contributed by atoms with Gasteiger partial charge in [0, 0.05) is 6.04 Å². The molecular weight excluding hydrogens is 230 g/mol. The quantitative estimate of drug-likeness (QED) is 0.737. The summed E-state index contributed by atoms with van der Waals surface area (Å²) in [6.07, 6.45) is 11.4. The lowest BCUT2D eigenvalue weighted by Gasteiger charge is -2.40. The lowest BCUT2D eigenvalue weighted by atomic mass is 9.70. The van der Waals surface area contributed by atoms with Crippen LogP contribution in [0.5, 0.6) is 0 Å². The topological polar surface area (TPSA) is 3.24 Å². The molecule has 1 saturated heterocycles. The van der Waals surface area contributed by atoms with E-state index in [4.69, 9.17) is 0 Å². The van der Waals surface area contributed by atoms with Crippen LogP contribution in [0, 0.1) is 5.41 Å².